The summed E-state index contributed by atoms with van der Waals surface area (Å²) in [6.07, 6.45) is 1.60. The molecule has 0 unspecified atom stereocenters. The first-order chi connectivity index (χ1) is 16.5. The monoisotopic (exact) mass is 458 g/mol. The molecule has 34 heavy (non-hydrogen) atoms. The van der Waals surface area contributed by atoms with Crippen molar-refractivity contribution in [3.63, 3.8) is 0 Å². The molecule has 2 heterocycles. The van der Waals surface area contributed by atoms with Gasteiger partial charge in [0.05, 0.1) is 36.0 Å². The number of imidazole rings is 1. The number of fused-ring (bicyclic) bond motifs is 1. The Morgan fingerprint density at radius 1 is 1.06 bits per heavy atom. The van der Waals surface area contributed by atoms with Crippen LogP contribution in [0, 0.1) is 0 Å². The number of nitrogens with zero attached hydrogens (tertiary/aromatic N) is 3. The van der Waals surface area contributed by atoms with Gasteiger partial charge >= 0.3 is 0 Å². The fourth-order valence-electron chi connectivity index (χ4n) is 4.60. The lowest BCUT2D eigenvalue weighted by Gasteiger charge is -2.32. The Balaban J connectivity index is 1.48. The van der Waals surface area contributed by atoms with Gasteiger partial charge in [-0.3, -0.25) is 15.1 Å². The predicted molar refractivity (Wildman–Crippen MR) is 129 cm³/mol. The van der Waals surface area contributed by atoms with E-state index in [9.17, 15) is 15.0 Å². The largest absolute Gasteiger partial charge is 0.496 e. The molecule has 2 aromatic heterocycles. The van der Waals surface area contributed by atoms with Crippen molar-refractivity contribution in [3.8, 4) is 17.0 Å². The molecule has 0 bridgehead atoms. The van der Waals surface area contributed by atoms with Crippen LogP contribution in [0.25, 0.3) is 22.3 Å². The van der Waals surface area contributed by atoms with E-state index >= 15 is 0 Å². The van der Waals surface area contributed by atoms with Crippen LogP contribution in [0.2, 0.25) is 0 Å². The highest BCUT2D eigenvalue weighted by molar-refractivity contribution is 6.04. The third kappa shape index (κ3) is 4.13. The number of hydrogen-bond donors (Lipinski definition) is 3. The Morgan fingerprint density at radius 3 is 2.68 bits per heavy atom. The molecule has 174 valence electrons. The number of aliphatic hydroxyl groups is 2. The molecule has 4 aromatic rings. The number of pyridine rings is 1. The Morgan fingerprint density at radius 2 is 1.85 bits per heavy atom. The summed E-state index contributed by atoms with van der Waals surface area (Å²) < 4.78 is 7.40. The highest BCUT2D eigenvalue weighted by Crippen LogP contribution is 2.35. The average Bonchev–Trinajstić information content (AvgIpc) is 3.23. The van der Waals surface area contributed by atoms with E-state index in [0.29, 0.717) is 42.2 Å². The molecule has 0 saturated heterocycles. The maximum atomic E-state index is 13.3. The number of amides is 1. The number of anilines is 1. The molecule has 1 aliphatic rings. The molecule has 2 aromatic carbocycles. The lowest BCUT2D eigenvalue weighted by Crippen LogP contribution is -2.35. The summed E-state index contributed by atoms with van der Waals surface area (Å²) in [6, 6.07) is 18.5. The standard InChI is InChI=1S/C26H26N4O4/c1-34-24-9-5-2-6-18(24)20-14-16(12-13-27-20)25(33)29-26-28-19-7-3-4-8-21(19)30(26)17-10-11-22(31)23(32)15-17/h2-9,12-14,17,22-23,31-32H,10-11,15H2,1H3,(H,28,29,33)/t17-,22-,23+/m0/s1. The topological polar surface area (TPSA) is 110 Å². The lowest BCUT2D eigenvalue weighted by molar-refractivity contribution is -0.0222. The summed E-state index contributed by atoms with van der Waals surface area (Å²) in [5.74, 6) is 0.773. The van der Waals surface area contributed by atoms with E-state index in [2.05, 4.69) is 15.3 Å². The zero-order valence-corrected chi connectivity index (χ0v) is 18.8. The van der Waals surface area contributed by atoms with Gasteiger partial charge in [-0.15, -0.1) is 0 Å². The van der Waals surface area contributed by atoms with Crippen LogP contribution < -0.4 is 10.1 Å². The van der Waals surface area contributed by atoms with Gasteiger partial charge in [-0.25, -0.2) is 4.98 Å². The number of methoxy groups -OCH3 is 1. The first-order valence-corrected chi connectivity index (χ1v) is 11.3. The molecular weight excluding hydrogens is 432 g/mol. The van der Waals surface area contributed by atoms with Crippen molar-refractivity contribution in [2.75, 3.05) is 12.4 Å². The van der Waals surface area contributed by atoms with Gasteiger partial charge in [0.15, 0.2) is 0 Å². The molecule has 0 aliphatic heterocycles. The van der Waals surface area contributed by atoms with Crippen molar-refractivity contribution in [2.24, 2.45) is 0 Å². The first kappa shape index (κ1) is 22.1. The van der Waals surface area contributed by atoms with E-state index < -0.39 is 12.2 Å². The summed E-state index contributed by atoms with van der Waals surface area (Å²) in [6.45, 7) is 0. The minimum atomic E-state index is -0.813. The van der Waals surface area contributed by atoms with E-state index in [1.807, 2.05) is 53.1 Å². The summed E-state index contributed by atoms with van der Waals surface area (Å²) in [5, 5.41) is 23.2. The van der Waals surface area contributed by atoms with Gasteiger partial charge in [0.1, 0.15) is 5.75 Å². The summed E-state index contributed by atoms with van der Waals surface area (Å²) in [7, 11) is 1.60. The van der Waals surface area contributed by atoms with Crippen LogP contribution in [-0.4, -0.2) is 50.0 Å². The number of nitrogens with one attached hydrogen (secondary N) is 1. The SMILES string of the molecule is COc1ccccc1-c1cc(C(=O)Nc2nc3ccccc3n2[C@H]2CC[C@H](O)[C@H](O)C2)ccn1. The molecule has 0 spiro atoms. The van der Waals surface area contributed by atoms with Crippen molar-refractivity contribution in [3.05, 3.63) is 72.4 Å². The highest BCUT2D eigenvalue weighted by atomic mass is 16.5. The minimum Gasteiger partial charge on any atom is -0.496 e. The fraction of sp³-hybridized carbons (Fsp3) is 0.269. The quantitative estimate of drug-likeness (QED) is 0.420. The summed E-state index contributed by atoms with van der Waals surface area (Å²) >= 11 is 0. The van der Waals surface area contributed by atoms with Gasteiger partial charge in [-0.05, 0) is 55.7 Å². The third-order valence-electron chi connectivity index (χ3n) is 6.34. The minimum absolute atomic E-state index is 0.0947. The van der Waals surface area contributed by atoms with Crippen LogP contribution in [0.15, 0.2) is 66.9 Å². The van der Waals surface area contributed by atoms with Crippen LogP contribution in [0.3, 0.4) is 0 Å². The van der Waals surface area contributed by atoms with Crippen molar-refractivity contribution < 1.29 is 19.7 Å². The molecule has 5 rings (SSSR count). The highest BCUT2D eigenvalue weighted by Gasteiger charge is 2.31. The molecule has 8 nitrogen and oxygen atoms in total. The van der Waals surface area contributed by atoms with Crippen molar-refractivity contribution in [2.45, 2.75) is 37.5 Å². The summed E-state index contributed by atoms with van der Waals surface area (Å²) in [4.78, 5) is 22.3. The van der Waals surface area contributed by atoms with Gasteiger partial charge in [0.2, 0.25) is 5.95 Å². The second-order valence-electron chi connectivity index (χ2n) is 8.48. The van der Waals surface area contributed by atoms with Crippen LogP contribution >= 0.6 is 0 Å². The van der Waals surface area contributed by atoms with Gasteiger partial charge in [0.25, 0.3) is 5.91 Å². The zero-order valence-electron chi connectivity index (χ0n) is 18.8. The summed E-state index contributed by atoms with van der Waals surface area (Å²) in [5.41, 5.74) is 3.48. The Hall–Kier alpha value is -3.75. The van der Waals surface area contributed by atoms with Crippen LogP contribution in [-0.2, 0) is 0 Å². The number of aliphatic hydroxyl groups excluding tert-OH is 2. The number of carbonyl (C=O) groups is 1. The molecule has 1 aliphatic carbocycles. The van der Waals surface area contributed by atoms with E-state index in [1.165, 1.54) is 0 Å². The average molecular weight is 459 g/mol. The van der Waals surface area contributed by atoms with Crippen molar-refractivity contribution in [1.82, 2.24) is 14.5 Å². The predicted octanol–water partition coefficient (Wildman–Crippen LogP) is 3.81. The molecule has 1 fully saturated rings. The number of ether oxygens (including phenoxy) is 1. The maximum Gasteiger partial charge on any atom is 0.258 e. The van der Waals surface area contributed by atoms with Gasteiger partial charge in [0, 0.05) is 23.4 Å². The number of benzene rings is 2. The molecule has 1 saturated carbocycles. The molecule has 8 heteroatoms. The van der Waals surface area contributed by atoms with Gasteiger partial charge < -0.3 is 19.5 Å². The van der Waals surface area contributed by atoms with Crippen molar-refractivity contribution >= 4 is 22.9 Å². The van der Waals surface area contributed by atoms with Crippen molar-refractivity contribution in [1.29, 1.82) is 0 Å². The molecule has 3 atom stereocenters. The maximum absolute atomic E-state index is 13.3. The number of para-hydroxylation sites is 3. The number of hydrogen-bond acceptors (Lipinski definition) is 6. The van der Waals surface area contributed by atoms with Crippen LogP contribution in [0.4, 0.5) is 5.95 Å². The van der Waals surface area contributed by atoms with Gasteiger partial charge in [-0.2, -0.15) is 0 Å². The van der Waals surface area contributed by atoms with Gasteiger partial charge in [-0.1, -0.05) is 24.3 Å². The smallest absolute Gasteiger partial charge is 0.258 e. The second kappa shape index (κ2) is 9.24. The Kier molecular flexibility index (Phi) is 6.00. The van der Waals surface area contributed by atoms with E-state index in [0.717, 1.165) is 16.6 Å². The fourth-order valence-corrected chi connectivity index (χ4v) is 4.60. The van der Waals surface area contributed by atoms with E-state index in [4.69, 9.17) is 4.74 Å². The van der Waals surface area contributed by atoms with Crippen LogP contribution in [0.1, 0.15) is 35.7 Å². The molecule has 0 radical (unpaired) electrons. The third-order valence-corrected chi connectivity index (χ3v) is 6.34. The number of aromatic nitrogens is 3. The first-order valence-electron chi connectivity index (χ1n) is 11.3. The Labute approximate surface area is 196 Å². The van der Waals surface area contributed by atoms with Crippen LogP contribution in [0.5, 0.6) is 5.75 Å². The lowest BCUT2D eigenvalue weighted by atomic mass is 9.90. The van der Waals surface area contributed by atoms with E-state index in [1.54, 1.807) is 25.4 Å². The molecule has 1 amide bonds. The molecular formula is C26H26N4O4. The second-order valence-corrected chi connectivity index (χ2v) is 8.48. The Bertz CT molecular complexity index is 1340. The molecule has 3 N–H and O–H groups in total. The zero-order chi connectivity index (χ0) is 23.7. The number of carbonyl (C=O) groups excluding carboxylic acids is 1. The normalized spacial score (nSPS) is 20.3. The number of rotatable bonds is 5. The van der Waals surface area contributed by atoms with E-state index in [-0.39, 0.29) is 11.9 Å².